The van der Waals surface area contributed by atoms with Gasteiger partial charge in [-0.1, -0.05) is 112 Å². The molecule has 0 fully saturated rings. The Morgan fingerprint density at radius 3 is 1.87 bits per heavy atom. The zero-order valence-electron chi connectivity index (χ0n) is 22.3. The van der Waals surface area contributed by atoms with E-state index in [0.29, 0.717) is 6.61 Å². The van der Waals surface area contributed by atoms with Crippen LogP contribution in [0.1, 0.15) is 33.3 Å². The Kier molecular flexibility index (Phi) is 10.0. The summed E-state index contributed by atoms with van der Waals surface area (Å²) in [6.07, 6.45) is 0.670. The van der Waals surface area contributed by atoms with Gasteiger partial charge in [0.25, 0.3) is 8.32 Å². The van der Waals surface area contributed by atoms with Crippen LogP contribution in [-0.2, 0) is 25.9 Å². The van der Waals surface area contributed by atoms with Crippen LogP contribution in [0.4, 0.5) is 4.79 Å². The number of ether oxygens (including phenoxy) is 1. The fourth-order valence-electron chi connectivity index (χ4n) is 4.25. The highest BCUT2D eigenvalue weighted by Gasteiger charge is 2.50. The van der Waals surface area contributed by atoms with Crippen molar-refractivity contribution >= 4 is 35.0 Å². The van der Waals surface area contributed by atoms with Crippen molar-refractivity contribution in [2.45, 2.75) is 39.3 Å². The van der Waals surface area contributed by atoms with Gasteiger partial charge in [0, 0.05) is 6.54 Å². The molecule has 0 saturated carbocycles. The summed E-state index contributed by atoms with van der Waals surface area (Å²) in [5.41, 5.74) is 1.64. The minimum absolute atomic E-state index is 0.0576. The van der Waals surface area contributed by atoms with Gasteiger partial charge < -0.3 is 9.16 Å². The first-order valence-electron chi connectivity index (χ1n) is 12.4. The van der Waals surface area contributed by atoms with Crippen LogP contribution < -0.4 is 19.8 Å². The molecule has 3 aromatic rings. The number of hydrogen-bond donors (Lipinski definition) is 2. The van der Waals surface area contributed by atoms with Crippen LogP contribution in [0.3, 0.4) is 0 Å². The smallest absolute Gasteiger partial charge is 0.422 e. The number of rotatable bonds is 11. The van der Waals surface area contributed by atoms with Crippen molar-refractivity contribution in [1.82, 2.24) is 9.44 Å². The van der Waals surface area contributed by atoms with Crippen LogP contribution in [0.25, 0.3) is 0 Å². The van der Waals surface area contributed by atoms with E-state index in [1.807, 2.05) is 54.1 Å². The van der Waals surface area contributed by atoms with Crippen LogP contribution in [0.5, 0.6) is 0 Å². The summed E-state index contributed by atoms with van der Waals surface area (Å²) < 4.78 is 40.4. The predicted octanol–water partition coefficient (Wildman–Crippen LogP) is 4.27. The molecule has 0 heterocycles. The van der Waals surface area contributed by atoms with Crippen molar-refractivity contribution in [3.8, 4) is 0 Å². The predicted molar refractivity (Wildman–Crippen MR) is 154 cm³/mol. The van der Waals surface area contributed by atoms with Crippen LogP contribution in [0.2, 0.25) is 5.04 Å². The molecule has 0 spiro atoms. The molecule has 0 aliphatic carbocycles. The molecule has 38 heavy (non-hydrogen) atoms. The number of hydrogen-bond acceptors (Lipinski definition) is 5. The molecule has 0 unspecified atom stereocenters. The summed E-state index contributed by atoms with van der Waals surface area (Å²) in [7, 11) is -6.74. The molecule has 0 saturated heterocycles. The Morgan fingerprint density at radius 2 is 1.37 bits per heavy atom. The largest absolute Gasteiger partial charge is 0.445 e. The standard InChI is InChI=1S/C29H36N2O5SSi/c1-24(20-21-35-28(32)31-37(33,34)30-22-25-14-8-5-9-15-25)23-36-38(29(2,3)4,26-16-10-6-11-17-26)27-18-12-7-13-19-27/h5-20,30H,21-23H2,1-4H3,(H,31,32)/b24-20+. The lowest BCUT2D eigenvalue weighted by molar-refractivity contribution is 0.164. The van der Waals surface area contributed by atoms with E-state index in [-0.39, 0.29) is 18.2 Å². The second-order valence-electron chi connectivity index (χ2n) is 10.0. The molecular formula is C29H36N2O5SSi. The third-order valence-corrected chi connectivity index (χ3v) is 12.0. The second-order valence-corrected chi connectivity index (χ2v) is 15.8. The average Bonchev–Trinajstić information content (AvgIpc) is 2.89. The molecule has 0 aromatic heterocycles. The second kappa shape index (κ2) is 13.0. The summed E-state index contributed by atoms with van der Waals surface area (Å²) in [6.45, 7) is 8.83. The summed E-state index contributed by atoms with van der Waals surface area (Å²) in [5.74, 6) is 0. The monoisotopic (exact) mass is 552 g/mol. The Labute approximate surface area is 227 Å². The van der Waals surface area contributed by atoms with Crippen molar-refractivity contribution in [3.63, 3.8) is 0 Å². The van der Waals surface area contributed by atoms with Gasteiger partial charge >= 0.3 is 16.3 Å². The van der Waals surface area contributed by atoms with Gasteiger partial charge in [-0.2, -0.15) is 13.1 Å². The molecule has 0 aliphatic heterocycles. The first kappa shape index (κ1) is 29.3. The first-order chi connectivity index (χ1) is 18.0. The van der Waals surface area contributed by atoms with E-state index in [2.05, 4.69) is 49.8 Å². The minimum Gasteiger partial charge on any atom is -0.445 e. The molecule has 3 rings (SSSR count). The number of nitrogens with one attached hydrogen (secondary N) is 2. The first-order valence-corrected chi connectivity index (χ1v) is 15.8. The van der Waals surface area contributed by atoms with E-state index in [0.717, 1.165) is 11.1 Å². The van der Waals surface area contributed by atoms with Crippen LogP contribution >= 0.6 is 0 Å². The molecule has 0 bridgehead atoms. The van der Waals surface area contributed by atoms with Crippen LogP contribution in [0.15, 0.2) is 103 Å². The lowest BCUT2D eigenvalue weighted by Gasteiger charge is -2.43. The van der Waals surface area contributed by atoms with Gasteiger partial charge in [-0.05, 0) is 39.5 Å². The summed E-state index contributed by atoms with van der Waals surface area (Å²) in [5, 5.41) is 2.19. The van der Waals surface area contributed by atoms with Crippen molar-refractivity contribution < 1.29 is 22.4 Å². The van der Waals surface area contributed by atoms with Gasteiger partial charge in [0.2, 0.25) is 0 Å². The minimum atomic E-state index is -4.05. The fourth-order valence-corrected chi connectivity index (χ4v) is 9.56. The van der Waals surface area contributed by atoms with Gasteiger partial charge in [0.1, 0.15) is 6.61 Å². The molecule has 3 aromatic carbocycles. The highest BCUT2D eigenvalue weighted by molar-refractivity contribution is 7.88. The van der Waals surface area contributed by atoms with Crippen LogP contribution in [-0.4, -0.2) is 36.0 Å². The maximum Gasteiger partial charge on any atom is 0.422 e. The highest BCUT2D eigenvalue weighted by atomic mass is 32.2. The lowest BCUT2D eigenvalue weighted by atomic mass is 10.2. The average molecular weight is 553 g/mol. The van der Waals surface area contributed by atoms with Gasteiger partial charge in [0.05, 0.1) is 6.61 Å². The Bertz CT molecular complexity index is 1270. The number of benzene rings is 3. The van der Waals surface area contributed by atoms with Gasteiger partial charge in [-0.25, -0.2) is 9.52 Å². The Balaban J connectivity index is 1.63. The molecule has 1 amide bonds. The van der Waals surface area contributed by atoms with E-state index in [4.69, 9.17) is 9.16 Å². The third-order valence-electron chi connectivity index (χ3n) is 6.11. The van der Waals surface area contributed by atoms with E-state index in [1.54, 1.807) is 30.3 Å². The maximum atomic E-state index is 12.1. The molecule has 0 radical (unpaired) electrons. The van der Waals surface area contributed by atoms with E-state index < -0.39 is 24.6 Å². The molecule has 9 heteroatoms. The number of carbonyl (C=O) groups is 1. The topological polar surface area (TPSA) is 93.7 Å². The Morgan fingerprint density at radius 1 is 0.868 bits per heavy atom. The van der Waals surface area contributed by atoms with Gasteiger partial charge in [-0.3, -0.25) is 0 Å². The SMILES string of the molecule is C/C(=C\COC(=O)NS(=O)(=O)NCc1ccccc1)CO[Si](c1ccccc1)(c1ccccc1)C(C)(C)C. The number of carbonyl (C=O) groups excluding carboxylic acids is 1. The van der Waals surface area contributed by atoms with Crippen molar-refractivity contribution in [1.29, 1.82) is 0 Å². The molecular weight excluding hydrogens is 516 g/mol. The quantitative estimate of drug-likeness (QED) is 0.274. The van der Waals surface area contributed by atoms with Gasteiger partial charge in [0.15, 0.2) is 0 Å². The molecule has 2 N–H and O–H groups in total. The molecule has 7 nitrogen and oxygen atoms in total. The van der Waals surface area contributed by atoms with E-state index >= 15 is 0 Å². The number of amides is 1. The summed E-state index contributed by atoms with van der Waals surface area (Å²) in [4.78, 5) is 12.1. The zero-order chi connectivity index (χ0) is 27.7. The Hall–Kier alpha value is -3.24. The molecule has 0 atom stereocenters. The summed E-state index contributed by atoms with van der Waals surface area (Å²) in [6, 6.07) is 29.7. The molecule has 202 valence electrons. The normalized spacial score (nSPS) is 12.7. The maximum absolute atomic E-state index is 12.1. The van der Waals surface area contributed by atoms with Crippen LogP contribution in [0, 0.1) is 0 Å². The lowest BCUT2D eigenvalue weighted by Crippen LogP contribution is -2.66. The molecule has 0 aliphatic rings. The zero-order valence-corrected chi connectivity index (χ0v) is 24.1. The highest BCUT2D eigenvalue weighted by Crippen LogP contribution is 2.36. The van der Waals surface area contributed by atoms with E-state index in [1.165, 1.54) is 10.4 Å². The fraction of sp³-hybridized carbons (Fsp3) is 0.276. The summed E-state index contributed by atoms with van der Waals surface area (Å²) >= 11 is 0. The van der Waals surface area contributed by atoms with Crippen molar-refractivity contribution in [3.05, 3.63) is 108 Å². The van der Waals surface area contributed by atoms with Gasteiger partial charge in [-0.15, -0.1) is 0 Å². The van der Waals surface area contributed by atoms with E-state index in [9.17, 15) is 13.2 Å². The van der Waals surface area contributed by atoms with Crippen molar-refractivity contribution in [2.24, 2.45) is 0 Å². The third kappa shape index (κ3) is 7.88. The van der Waals surface area contributed by atoms with Crippen molar-refractivity contribution in [2.75, 3.05) is 13.2 Å².